The molecule has 0 unspecified atom stereocenters. The zero-order valence-corrected chi connectivity index (χ0v) is 20.3. The van der Waals surface area contributed by atoms with Crippen molar-refractivity contribution in [3.05, 3.63) is 77.2 Å². The van der Waals surface area contributed by atoms with Crippen molar-refractivity contribution >= 4 is 17.6 Å². The minimum Gasteiger partial charge on any atom is -0.464 e. The fourth-order valence-corrected chi connectivity index (χ4v) is 3.90. The highest BCUT2D eigenvalue weighted by molar-refractivity contribution is 5.92. The molecule has 1 N–H and O–H groups in total. The molecular formula is C27H28N4O5. The van der Waals surface area contributed by atoms with Crippen molar-refractivity contribution in [2.75, 3.05) is 25.2 Å². The van der Waals surface area contributed by atoms with E-state index in [0.29, 0.717) is 48.0 Å². The van der Waals surface area contributed by atoms with Gasteiger partial charge in [0.15, 0.2) is 11.5 Å². The standard InChI is InChI=1S/C27H28N4O5/c1-3-11-30(27(33)29-22-6-4-5-20(12-22)14-28)17-26(32)31(16-23-9-7-19(2)36-23)15-21-8-10-24-25(13-21)35-18-34-24/h4-10,12-13H,3,11,15-18H2,1-2H3,(H,29,33). The Morgan fingerprint density at radius 1 is 1.03 bits per heavy atom. The third kappa shape index (κ3) is 6.16. The third-order valence-electron chi connectivity index (χ3n) is 5.66. The molecule has 0 saturated carbocycles. The molecule has 1 aliphatic rings. The molecule has 0 saturated heterocycles. The summed E-state index contributed by atoms with van der Waals surface area (Å²) in [5, 5.41) is 11.9. The minimum atomic E-state index is -0.405. The van der Waals surface area contributed by atoms with Crippen molar-refractivity contribution in [2.24, 2.45) is 0 Å². The van der Waals surface area contributed by atoms with Gasteiger partial charge in [0, 0.05) is 18.8 Å². The molecule has 0 bridgehead atoms. The highest BCUT2D eigenvalue weighted by Crippen LogP contribution is 2.33. The van der Waals surface area contributed by atoms with E-state index in [2.05, 4.69) is 11.4 Å². The molecule has 9 nitrogen and oxygen atoms in total. The highest BCUT2D eigenvalue weighted by Gasteiger charge is 2.23. The van der Waals surface area contributed by atoms with Crippen LogP contribution in [0.3, 0.4) is 0 Å². The Labute approximate surface area is 209 Å². The Morgan fingerprint density at radius 2 is 1.86 bits per heavy atom. The fraction of sp³-hybridized carbons (Fsp3) is 0.296. The highest BCUT2D eigenvalue weighted by atomic mass is 16.7. The lowest BCUT2D eigenvalue weighted by molar-refractivity contribution is -0.133. The third-order valence-corrected chi connectivity index (χ3v) is 5.66. The predicted octanol–water partition coefficient (Wildman–Crippen LogP) is 4.66. The number of urea groups is 1. The summed E-state index contributed by atoms with van der Waals surface area (Å²) in [7, 11) is 0. The number of benzene rings is 2. The Kier molecular flexibility index (Phi) is 7.75. The molecule has 0 fully saturated rings. The number of rotatable bonds is 9. The van der Waals surface area contributed by atoms with Crippen LogP contribution in [0.5, 0.6) is 11.5 Å². The summed E-state index contributed by atoms with van der Waals surface area (Å²) in [5.74, 6) is 2.49. The number of nitrogens with one attached hydrogen (secondary N) is 1. The Hall–Kier alpha value is -4.45. The fourth-order valence-electron chi connectivity index (χ4n) is 3.90. The second kappa shape index (κ2) is 11.3. The van der Waals surface area contributed by atoms with Crippen LogP contribution in [-0.4, -0.2) is 41.6 Å². The predicted molar refractivity (Wildman–Crippen MR) is 132 cm³/mol. The van der Waals surface area contributed by atoms with Gasteiger partial charge >= 0.3 is 6.03 Å². The summed E-state index contributed by atoms with van der Waals surface area (Å²) in [6.07, 6.45) is 0.679. The second-order valence-electron chi connectivity index (χ2n) is 8.49. The molecule has 1 aromatic heterocycles. The average Bonchev–Trinajstić information content (AvgIpc) is 3.51. The van der Waals surface area contributed by atoms with Crippen molar-refractivity contribution in [3.63, 3.8) is 0 Å². The molecule has 1 aliphatic heterocycles. The van der Waals surface area contributed by atoms with E-state index in [1.807, 2.05) is 44.2 Å². The lowest BCUT2D eigenvalue weighted by atomic mass is 10.2. The summed E-state index contributed by atoms with van der Waals surface area (Å²) in [4.78, 5) is 29.6. The van der Waals surface area contributed by atoms with Gasteiger partial charge in [-0.3, -0.25) is 4.79 Å². The molecule has 2 heterocycles. The van der Waals surface area contributed by atoms with Crippen molar-refractivity contribution in [1.29, 1.82) is 5.26 Å². The van der Waals surface area contributed by atoms with Crippen molar-refractivity contribution in [1.82, 2.24) is 9.80 Å². The summed E-state index contributed by atoms with van der Waals surface area (Å²) >= 11 is 0. The molecule has 4 rings (SSSR count). The smallest absolute Gasteiger partial charge is 0.322 e. The number of hydrogen-bond donors (Lipinski definition) is 1. The Morgan fingerprint density at radius 3 is 2.61 bits per heavy atom. The number of fused-ring (bicyclic) bond motifs is 1. The van der Waals surface area contributed by atoms with E-state index in [4.69, 9.17) is 19.2 Å². The number of hydrogen-bond acceptors (Lipinski definition) is 6. The molecule has 0 radical (unpaired) electrons. The quantitative estimate of drug-likeness (QED) is 0.469. The molecule has 3 amide bonds. The van der Waals surface area contributed by atoms with Crippen LogP contribution >= 0.6 is 0 Å². The number of amides is 3. The number of nitrogens with zero attached hydrogens (tertiary/aromatic N) is 3. The van der Waals surface area contributed by atoms with Crippen molar-refractivity contribution in [2.45, 2.75) is 33.4 Å². The zero-order valence-electron chi connectivity index (χ0n) is 20.3. The van der Waals surface area contributed by atoms with Gasteiger partial charge < -0.3 is 29.0 Å². The van der Waals surface area contributed by atoms with Gasteiger partial charge in [0.1, 0.15) is 18.1 Å². The van der Waals surface area contributed by atoms with E-state index in [1.165, 1.54) is 4.90 Å². The lowest BCUT2D eigenvalue weighted by Gasteiger charge is -2.27. The summed E-state index contributed by atoms with van der Waals surface area (Å²) < 4.78 is 16.6. The van der Waals surface area contributed by atoms with Crippen LogP contribution in [0.1, 0.15) is 36.0 Å². The number of carbonyl (C=O) groups excluding carboxylic acids is 2. The van der Waals surface area contributed by atoms with E-state index in [0.717, 1.165) is 11.3 Å². The first-order valence-electron chi connectivity index (χ1n) is 11.7. The van der Waals surface area contributed by atoms with E-state index >= 15 is 0 Å². The van der Waals surface area contributed by atoms with Gasteiger partial charge in [-0.1, -0.05) is 19.1 Å². The molecule has 0 aliphatic carbocycles. The molecule has 186 valence electrons. The van der Waals surface area contributed by atoms with Crippen LogP contribution in [0.4, 0.5) is 10.5 Å². The number of nitriles is 1. The van der Waals surface area contributed by atoms with Crippen LogP contribution in [0.15, 0.2) is 59.0 Å². The van der Waals surface area contributed by atoms with Crippen LogP contribution in [0, 0.1) is 18.3 Å². The van der Waals surface area contributed by atoms with Gasteiger partial charge in [0.25, 0.3) is 0 Å². The van der Waals surface area contributed by atoms with Gasteiger partial charge in [-0.15, -0.1) is 0 Å². The summed E-state index contributed by atoms with van der Waals surface area (Å²) in [6, 6.07) is 17.6. The minimum absolute atomic E-state index is 0.109. The van der Waals surface area contributed by atoms with Crippen LogP contribution in [0.25, 0.3) is 0 Å². The van der Waals surface area contributed by atoms with Gasteiger partial charge in [-0.2, -0.15) is 5.26 Å². The number of ether oxygens (including phenoxy) is 2. The largest absolute Gasteiger partial charge is 0.464 e. The van der Waals surface area contributed by atoms with E-state index in [-0.39, 0.29) is 25.8 Å². The lowest BCUT2D eigenvalue weighted by Crippen LogP contribution is -2.44. The van der Waals surface area contributed by atoms with E-state index in [9.17, 15) is 9.59 Å². The maximum absolute atomic E-state index is 13.5. The molecule has 36 heavy (non-hydrogen) atoms. The van der Waals surface area contributed by atoms with Gasteiger partial charge in [-0.25, -0.2) is 4.79 Å². The first-order chi connectivity index (χ1) is 17.4. The summed E-state index contributed by atoms with van der Waals surface area (Å²) in [5.41, 5.74) is 1.81. The van der Waals surface area contributed by atoms with Crippen molar-refractivity contribution < 1.29 is 23.5 Å². The number of aryl methyl sites for hydroxylation is 1. The average molecular weight is 489 g/mol. The molecule has 2 aromatic carbocycles. The molecule has 3 aromatic rings. The number of anilines is 1. The van der Waals surface area contributed by atoms with Gasteiger partial charge in [-0.05, 0) is 61.4 Å². The van der Waals surface area contributed by atoms with Crippen LogP contribution < -0.4 is 14.8 Å². The SMILES string of the molecule is CCCN(CC(=O)N(Cc1ccc2c(c1)OCO2)Cc1ccc(C)o1)C(=O)Nc1cccc(C#N)c1. The van der Waals surface area contributed by atoms with E-state index in [1.54, 1.807) is 29.2 Å². The molecular weight excluding hydrogens is 460 g/mol. The normalized spacial score (nSPS) is 11.6. The van der Waals surface area contributed by atoms with Gasteiger partial charge in [0.2, 0.25) is 12.7 Å². The summed E-state index contributed by atoms with van der Waals surface area (Å²) in [6.45, 7) is 4.81. The molecule has 9 heteroatoms. The zero-order chi connectivity index (χ0) is 25.5. The number of furan rings is 1. The molecule has 0 spiro atoms. The van der Waals surface area contributed by atoms with Crippen molar-refractivity contribution in [3.8, 4) is 17.6 Å². The first-order valence-corrected chi connectivity index (χ1v) is 11.7. The van der Waals surface area contributed by atoms with Gasteiger partial charge in [0.05, 0.1) is 18.2 Å². The maximum Gasteiger partial charge on any atom is 0.322 e. The van der Waals surface area contributed by atoms with Crippen LogP contribution in [0.2, 0.25) is 0 Å². The number of carbonyl (C=O) groups is 2. The first kappa shape index (κ1) is 24.7. The monoisotopic (exact) mass is 488 g/mol. The second-order valence-corrected chi connectivity index (χ2v) is 8.49. The van der Waals surface area contributed by atoms with Crippen LogP contribution in [-0.2, 0) is 17.9 Å². The molecule has 0 atom stereocenters. The Balaban J connectivity index is 1.50. The maximum atomic E-state index is 13.5. The van der Waals surface area contributed by atoms with E-state index < -0.39 is 6.03 Å². The topological polar surface area (TPSA) is 108 Å². The Bertz CT molecular complexity index is 1280.